The minimum absolute atomic E-state index is 0. The summed E-state index contributed by atoms with van der Waals surface area (Å²) in [6.07, 6.45) is 5.78. The van der Waals surface area contributed by atoms with E-state index >= 15 is 0 Å². The van der Waals surface area contributed by atoms with Crippen LogP contribution in [-0.2, 0) is 20.1 Å². The standard InChI is InChI=1S/C63H39N4O.Ir/c1-41-27-31-57-56-25-14-26-58(62(56)68-63(57)67-41)61-34-30-46(40-66-61)52-21-10-13-24-55(52)49-36-47(53-22-11-8-19-50(53)44-28-32-59(64-38-44)42-15-4-2-5-16-42)35-48(37-49)54-23-12-9-20-51(54)45-29-33-60(65-39-45)43-17-6-3-7-18-43;/h2-15,17,19-25,27-40H,1H3;/q-3;+3/i1D3;. The first-order valence-electron chi connectivity index (χ1n) is 23.8. The number of pyridine rings is 4. The van der Waals surface area contributed by atoms with Crippen molar-refractivity contribution in [1.29, 1.82) is 0 Å². The van der Waals surface area contributed by atoms with Crippen LogP contribution in [0.3, 0.4) is 0 Å². The first kappa shape index (κ1) is 39.7. The maximum absolute atomic E-state index is 7.87. The fourth-order valence-electron chi connectivity index (χ4n) is 9.10. The van der Waals surface area contributed by atoms with E-state index in [1.165, 1.54) is 6.07 Å². The molecule has 0 saturated carbocycles. The number of rotatable bonds is 9. The molecule has 0 saturated heterocycles. The second-order valence-corrected chi connectivity index (χ2v) is 16.5. The predicted octanol–water partition coefficient (Wildman–Crippen LogP) is 15.9. The largest absolute Gasteiger partial charge is 3.00 e. The topological polar surface area (TPSA) is 64.7 Å². The van der Waals surface area contributed by atoms with E-state index in [9.17, 15) is 0 Å². The van der Waals surface area contributed by atoms with Crippen LogP contribution in [0.1, 0.15) is 9.81 Å². The van der Waals surface area contributed by atoms with Crippen molar-refractivity contribution >= 4 is 22.1 Å². The van der Waals surface area contributed by atoms with Crippen LogP contribution < -0.4 is 0 Å². The molecule has 0 aliphatic rings. The van der Waals surface area contributed by atoms with Gasteiger partial charge in [0.2, 0.25) is 5.71 Å². The van der Waals surface area contributed by atoms with E-state index in [2.05, 4.69) is 145 Å². The van der Waals surface area contributed by atoms with Gasteiger partial charge in [0.25, 0.3) is 0 Å². The molecule has 5 nitrogen and oxygen atoms in total. The van der Waals surface area contributed by atoms with Crippen molar-refractivity contribution < 1.29 is 28.6 Å². The van der Waals surface area contributed by atoms with Gasteiger partial charge >= 0.3 is 20.1 Å². The third-order valence-electron chi connectivity index (χ3n) is 12.4. The van der Waals surface area contributed by atoms with Crippen LogP contribution in [0.2, 0.25) is 0 Å². The molecule has 0 radical (unpaired) electrons. The van der Waals surface area contributed by atoms with Gasteiger partial charge in [0.15, 0.2) is 0 Å². The number of hydrogen-bond acceptors (Lipinski definition) is 5. The van der Waals surface area contributed by atoms with Crippen LogP contribution in [0.5, 0.6) is 0 Å². The molecule has 6 heteroatoms. The van der Waals surface area contributed by atoms with Crippen molar-refractivity contribution in [2.75, 3.05) is 0 Å². The molecule has 7 aromatic carbocycles. The molecule has 0 spiro atoms. The normalized spacial score (nSPS) is 12.0. The second kappa shape index (κ2) is 18.7. The Morgan fingerprint density at radius 2 is 0.855 bits per heavy atom. The van der Waals surface area contributed by atoms with E-state index in [4.69, 9.17) is 23.5 Å². The van der Waals surface area contributed by atoms with Crippen molar-refractivity contribution in [3.8, 4) is 101 Å². The number of furan rings is 1. The predicted molar refractivity (Wildman–Crippen MR) is 275 cm³/mol. The first-order valence-corrected chi connectivity index (χ1v) is 22.3. The third-order valence-corrected chi connectivity index (χ3v) is 12.4. The van der Waals surface area contributed by atoms with Crippen LogP contribution in [0, 0.1) is 25.1 Å². The third kappa shape index (κ3) is 8.38. The molecule has 326 valence electrons. The molecule has 0 bridgehead atoms. The molecular formula is C63H39IrN4O. The molecule has 0 unspecified atom stereocenters. The molecule has 0 N–H and O–H groups in total. The number of aryl methyl sites for hydroxylation is 1. The van der Waals surface area contributed by atoms with Crippen molar-refractivity contribution in [1.82, 2.24) is 19.9 Å². The Kier molecular flexibility index (Phi) is 10.8. The summed E-state index contributed by atoms with van der Waals surface area (Å²) in [6, 6.07) is 77.5. The number of nitrogens with zero attached hydrogens (tertiary/aromatic N) is 4. The maximum atomic E-state index is 7.87. The van der Waals surface area contributed by atoms with E-state index in [0.29, 0.717) is 16.8 Å². The van der Waals surface area contributed by atoms with E-state index in [1.54, 1.807) is 6.07 Å². The van der Waals surface area contributed by atoms with E-state index in [0.717, 1.165) is 100 Å². The fourth-order valence-corrected chi connectivity index (χ4v) is 9.10. The molecule has 12 rings (SSSR count). The summed E-state index contributed by atoms with van der Waals surface area (Å²) in [5.74, 6) is 0. The minimum atomic E-state index is -2.35. The Bertz CT molecular complexity index is 3750. The summed E-state index contributed by atoms with van der Waals surface area (Å²) < 4.78 is 29.8. The fraction of sp³-hybridized carbons (Fsp3) is 0.0159. The quantitative estimate of drug-likeness (QED) is 0.135. The Balaban J connectivity index is 0.00000560. The summed E-state index contributed by atoms with van der Waals surface area (Å²) in [5.41, 5.74) is 18.2. The van der Waals surface area contributed by atoms with Crippen LogP contribution in [-0.4, -0.2) is 19.9 Å². The molecule has 0 atom stereocenters. The Morgan fingerprint density at radius 1 is 0.406 bits per heavy atom. The van der Waals surface area contributed by atoms with Crippen LogP contribution in [0.15, 0.2) is 223 Å². The van der Waals surface area contributed by atoms with Crippen molar-refractivity contribution in [2.45, 2.75) is 6.85 Å². The van der Waals surface area contributed by atoms with Gasteiger partial charge in [-0.2, -0.15) is 0 Å². The van der Waals surface area contributed by atoms with Gasteiger partial charge in [0.1, 0.15) is 0 Å². The SMILES string of the molecule is [2H]C([2H])([2H])c1ccc2c(n1)oc1c(-c3ccc(-c4ccccc4-c4cc(-c5ccccc5-c5ccc(-c6[c-]cccc6)nc5)cc(-c5ccccc5-c5ccc(-c6[c-]cccc6)nc5)c4)cn3)[c-]ccc12.[Ir+3]. The molecule has 5 aromatic heterocycles. The van der Waals surface area contributed by atoms with Gasteiger partial charge in [0, 0.05) is 33.8 Å². The number of hydrogen-bond donors (Lipinski definition) is 0. The van der Waals surface area contributed by atoms with Crippen molar-refractivity contribution in [2.24, 2.45) is 0 Å². The monoisotopic (exact) mass is 1060 g/mol. The van der Waals surface area contributed by atoms with Gasteiger partial charge in [-0.15, -0.1) is 90.0 Å². The van der Waals surface area contributed by atoms with Crippen LogP contribution >= 0.6 is 0 Å². The van der Waals surface area contributed by atoms with Gasteiger partial charge in [-0.1, -0.05) is 120 Å². The van der Waals surface area contributed by atoms with Gasteiger partial charge in [-0.25, -0.2) is 4.98 Å². The molecule has 0 aliphatic heterocycles. The first-order chi connectivity index (χ1) is 34.8. The Morgan fingerprint density at radius 3 is 1.28 bits per heavy atom. The zero-order valence-corrected chi connectivity index (χ0v) is 39.2. The molecule has 0 aliphatic carbocycles. The van der Waals surface area contributed by atoms with Crippen molar-refractivity contribution in [3.63, 3.8) is 0 Å². The summed E-state index contributed by atoms with van der Waals surface area (Å²) in [5, 5.41) is 1.54. The number of benzene rings is 7. The maximum Gasteiger partial charge on any atom is 3.00 e. The summed E-state index contributed by atoms with van der Waals surface area (Å²) in [6.45, 7) is -2.35. The minimum Gasteiger partial charge on any atom is -0.486 e. The zero-order valence-electron chi connectivity index (χ0n) is 39.8. The van der Waals surface area contributed by atoms with Crippen molar-refractivity contribution in [3.05, 3.63) is 243 Å². The van der Waals surface area contributed by atoms with Gasteiger partial charge in [-0.05, 0) is 121 Å². The summed E-state index contributed by atoms with van der Waals surface area (Å²) in [7, 11) is 0. The summed E-state index contributed by atoms with van der Waals surface area (Å²) >= 11 is 0. The molecule has 12 aromatic rings. The zero-order chi connectivity index (χ0) is 47.9. The average molecular weight is 1060 g/mol. The molecule has 69 heavy (non-hydrogen) atoms. The number of fused-ring (bicyclic) bond motifs is 3. The van der Waals surface area contributed by atoms with E-state index in [1.807, 2.05) is 85.3 Å². The molecule has 5 heterocycles. The van der Waals surface area contributed by atoms with E-state index in [-0.39, 0.29) is 31.5 Å². The second-order valence-electron chi connectivity index (χ2n) is 16.5. The Hall–Kier alpha value is -8.41. The van der Waals surface area contributed by atoms with Gasteiger partial charge < -0.3 is 19.4 Å². The summed E-state index contributed by atoms with van der Waals surface area (Å²) in [4.78, 5) is 19.1. The van der Waals surface area contributed by atoms with Crippen LogP contribution in [0.4, 0.5) is 0 Å². The van der Waals surface area contributed by atoms with E-state index < -0.39 is 6.85 Å². The van der Waals surface area contributed by atoms with Gasteiger partial charge in [-0.3, -0.25) is 0 Å². The average Bonchev–Trinajstić information content (AvgIpc) is 3.82. The number of aromatic nitrogens is 4. The molecular weight excluding hydrogens is 1020 g/mol. The molecule has 0 amide bonds. The smallest absolute Gasteiger partial charge is 0.486 e. The van der Waals surface area contributed by atoms with Gasteiger partial charge in [0.05, 0.1) is 5.58 Å². The Labute approximate surface area is 418 Å². The van der Waals surface area contributed by atoms with Crippen LogP contribution in [0.25, 0.3) is 123 Å². The molecule has 0 fully saturated rings.